The van der Waals surface area contributed by atoms with E-state index in [0.29, 0.717) is 35.3 Å². The lowest BCUT2D eigenvalue weighted by Crippen LogP contribution is -2.43. The number of ether oxygens (including phenoxy) is 1. The summed E-state index contributed by atoms with van der Waals surface area (Å²) in [5.74, 6) is -0.282. The number of nitrogen functional groups attached to an aromatic ring is 1. The van der Waals surface area contributed by atoms with Crippen LogP contribution in [-0.2, 0) is 23.0 Å². The number of nitrogens with one attached hydrogen (secondary N) is 1. The van der Waals surface area contributed by atoms with Crippen molar-refractivity contribution in [3.05, 3.63) is 54.9 Å². The zero-order chi connectivity index (χ0) is 23.8. The van der Waals surface area contributed by atoms with Crippen molar-refractivity contribution >= 4 is 22.8 Å². The van der Waals surface area contributed by atoms with Crippen LogP contribution in [0.3, 0.4) is 0 Å². The number of aliphatic hydroxyl groups excluding tert-OH is 2. The van der Waals surface area contributed by atoms with Gasteiger partial charge in [0.1, 0.15) is 30.0 Å². The summed E-state index contributed by atoms with van der Waals surface area (Å²) in [6.07, 6.45) is 3.59. The van der Waals surface area contributed by atoms with Crippen LogP contribution in [0.1, 0.15) is 11.8 Å². The maximum Gasteiger partial charge on any atom is 0.252 e. The van der Waals surface area contributed by atoms with Gasteiger partial charge in [-0.3, -0.25) is 14.5 Å². The fraction of sp³-hybridized carbons (Fsp3) is 0.318. The molecule has 1 amide bonds. The van der Waals surface area contributed by atoms with Crippen molar-refractivity contribution in [1.29, 1.82) is 0 Å². The summed E-state index contributed by atoms with van der Waals surface area (Å²) in [6, 6.07) is 5.54. The molecule has 0 radical (unpaired) electrons. The first-order chi connectivity index (χ1) is 16.4. The molecule has 0 saturated carbocycles. The summed E-state index contributed by atoms with van der Waals surface area (Å²) in [4.78, 5) is 25.2. The smallest absolute Gasteiger partial charge is 0.252 e. The highest BCUT2D eigenvalue weighted by molar-refractivity contribution is 5.99. The van der Waals surface area contributed by atoms with Gasteiger partial charge >= 0.3 is 0 Å². The predicted octanol–water partition coefficient (Wildman–Crippen LogP) is -0.213. The van der Waals surface area contributed by atoms with Crippen LogP contribution in [0, 0.1) is 0 Å². The van der Waals surface area contributed by atoms with Crippen LogP contribution in [0.25, 0.3) is 22.3 Å². The molecule has 12 heteroatoms. The van der Waals surface area contributed by atoms with Gasteiger partial charge in [-0.15, -0.1) is 0 Å². The van der Waals surface area contributed by atoms with Gasteiger partial charge < -0.3 is 30.6 Å². The molecular weight excluding hydrogens is 440 g/mol. The number of carbonyl (C=O) groups is 1. The molecule has 1 fully saturated rings. The number of aromatic nitrogens is 6. The molecule has 0 aromatic carbocycles. The molecule has 4 aromatic rings. The Morgan fingerprint density at radius 3 is 2.85 bits per heavy atom. The van der Waals surface area contributed by atoms with Gasteiger partial charge in [0, 0.05) is 43.9 Å². The Labute approximate surface area is 194 Å². The second-order valence-electron chi connectivity index (χ2n) is 8.11. The quantitative estimate of drug-likeness (QED) is 0.302. The van der Waals surface area contributed by atoms with E-state index in [-0.39, 0.29) is 5.82 Å². The van der Waals surface area contributed by atoms with Gasteiger partial charge in [0.15, 0.2) is 12.3 Å². The second kappa shape index (κ2) is 8.82. The molecule has 5 N–H and O–H groups in total. The number of fused-ring (bicyclic) bond motifs is 1. The van der Waals surface area contributed by atoms with Crippen LogP contribution in [-0.4, -0.2) is 70.3 Å². The first-order valence-electron chi connectivity index (χ1n) is 10.7. The van der Waals surface area contributed by atoms with E-state index in [0.717, 1.165) is 5.56 Å². The normalized spacial score (nSPS) is 22.3. The molecular formula is C22H24N8O4. The van der Waals surface area contributed by atoms with Crippen LogP contribution in [0.15, 0.2) is 49.3 Å². The van der Waals surface area contributed by atoms with Gasteiger partial charge in [-0.05, 0) is 24.1 Å². The number of nitrogens with zero attached hydrogens (tertiary/aromatic N) is 6. The number of amides is 1. The van der Waals surface area contributed by atoms with Crippen molar-refractivity contribution in [2.75, 3.05) is 12.3 Å². The van der Waals surface area contributed by atoms with Crippen molar-refractivity contribution in [2.45, 2.75) is 31.0 Å². The molecule has 5 rings (SSSR count). The molecule has 0 bridgehead atoms. The van der Waals surface area contributed by atoms with E-state index in [4.69, 9.17) is 10.5 Å². The monoisotopic (exact) mass is 464 g/mol. The van der Waals surface area contributed by atoms with Crippen LogP contribution < -0.4 is 11.1 Å². The highest BCUT2D eigenvalue weighted by atomic mass is 16.6. The van der Waals surface area contributed by atoms with E-state index in [9.17, 15) is 15.0 Å². The van der Waals surface area contributed by atoms with E-state index in [1.165, 1.54) is 6.33 Å². The Balaban J connectivity index is 1.39. The molecule has 1 saturated heterocycles. The number of anilines is 1. The largest absolute Gasteiger partial charge is 0.387 e. The molecule has 0 spiro atoms. The Bertz CT molecular complexity index is 1320. The van der Waals surface area contributed by atoms with Crippen molar-refractivity contribution in [3.8, 4) is 11.3 Å². The molecule has 34 heavy (non-hydrogen) atoms. The second-order valence-corrected chi connectivity index (χ2v) is 8.11. The number of rotatable bonds is 6. The first kappa shape index (κ1) is 21.9. The number of hydrogen-bond acceptors (Lipinski definition) is 9. The number of pyridine rings is 1. The zero-order valence-electron chi connectivity index (χ0n) is 18.3. The van der Waals surface area contributed by atoms with Gasteiger partial charge in [0.25, 0.3) is 5.91 Å². The molecule has 176 valence electrons. The number of nitrogens with two attached hydrogens (primary N) is 1. The maximum absolute atomic E-state index is 12.7. The number of carbonyl (C=O) groups excluding carboxylic acids is 1. The van der Waals surface area contributed by atoms with E-state index in [1.54, 1.807) is 41.1 Å². The van der Waals surface area contributed by atoms with E-state index in [2.05, 4.69) is 25.4 Å². The third-order valence-electron chi connectivity index (χ3n) is 5.83. The molecule has 5 heterocycles. The lowest BCUT2D eigenvalue weighted by molar-refractivity contribution is -0.137. The first-order valence-corrected chi connectivity index (χ1v) is 10.7. The van der Waals surface area contributed by atoms with Crippen molar-refractivity contribution in [1.82, 2.24) is 34.6 Å². The highest BCUT2D eigenvalue weighted by Gasteiger charge is 2.47. The molecule has 1 aliphatic rings. The molecule has 4 aromatic heterocycles. The van der Waals surface area contributed by atoms with Gasteiger partial charge in [-0.1, -0.05) is 6.07 Å². The van der Waals surface area contributed by atoms with E-state index < -0.39 is 30.4 Å². The van der Waals surface area contributed by atoms with Gasteiger partial charge in [-0.25, -0.2) is 9.97 Å². The van der Waals surface area contributed by atoms with Crippen LogP contribution in [0.5, 0.6) is 0 Å². The third-order valence-corrected chi connectivity index (χ3v) is 5.83. The van der Waals surface area contributed by atoms with Crippen LogP contribution in [0.4, 0.5) is 5.82 Å². The van der Waals surface area contributed by atoms with Gasteiger partial charge in [-0.2, -0.15) is 5.10 Å². The SMILES string of the molecule is Cn1ccc(-c2cn([C@@H]3O[C@H](C(=O)NCCc4cccnc4)[C@@H](O)[C@H]3O)c3ncnc(N)c23)n1. The molecule has 0 aliphatic carbocycles. The standard InChI is InChI=1S/C22H24N8O4/c1-29-8-5-14(28-29)13-10-30(20-15(13)19(23)26-11-27-20)22-17(32)16(31)18(34-22)21(33)25-7-4-12-3-2-6-24-9-12/h2-3,5-6,8-11,16-18,22,31-32H,4,7H2,1H3,(H,25,33)(H2,23,26,27)/t16-,17+,18-,22+/m0/s1. The summed E-state index contributed by atoms with van der Waals surface area (Å²) in [5.41, 5.74) is 8.76. The fourth-order valence-electron chi connectivity index (χ4n) is 4.14. The van der Waals surface area contributed by atoms with Crippen molar-refractivity contribution in [2.24, 2.45) is 7.05 Å². The molecule has 0 unspecified atom stereocenters. The Hall–Kier alpha value is -3.87. The summed E-state index contributed by atoms with van der Waals surface area (Å²) in [5, 5.41) is 29.1. The number of aliphatic hydroxyl groups is 2. The Morgan fingerprint density at radius 1 is 1.26 bits per heavy atom. The Morgan fingerprint density at radius 2 is 2.12 bits per heavy atom. The van der Waals surface area contributed by atoms with E-state index >= 15 is 0 Å². The summed E-state index contributed by atoms with van der Waals surface area (Å²) in [7, 11) is 1.79. The molecule has 4 atom stereocenters. The van der Waals surface area contributed by atoms with Crippen molar-refractivity contribution in [3.63, 3.8) is 0 Å². The lowest BCUT2D eigenvalue weighted by atomic mass is 10.1. The van der Waals surface area contributed by atoms with Crippen molar-refractivity contribution < 1.29 is 19.7 Å². The van der Waals surface area contributed by atoms with Gasteiger partial charge in [0.2, 0.25) is 0 Å². The van der Waals surface area contributed by atoms with Gasteiger partial charge in [0.05, 0.1) is 11.1 Å². The molecule has 1 aliphatic heterocycles. The summed E-state index contributed by atoms with van der Waals surface area (Å²) in [6.45, 7) is 0.331. The molecule has 12 nitrogen and oxygen atoms in total. The average Bonchev–Trinajstić information content (AvgIpc) is 3.51. The van der Waals surface area contributed by atoms with Crippen LogP contribution in [0.2, 0.25) is 0 Å². The van der Waals surface area contributed by atoms with E-state index in [1.807, 2.05) is 18.2 Å². The zero-order valence-corrected chi connectivity index (χ0v) is 18.3. The Kier molecular flexibility index (Phi) is 5.69. The third kappa shape index (κ3) is 3.87. The number of aryl methyl sites for hydroxylation is 1. The minimum atomic E-state index is -1.43. The predicted molar refractivity (Wildman–Crippen MR) is 121 cm³/mol. The summed E-state index contributed by atoms with van der Waals surface area (Å²) >= 11 is 0. The topological polar surface area (TPSA) is 166 Å². The maximum atomic E-state index is 12.7. The fourth-order valence-corrected chi connectivity index (χ4v) is 4.14. The highest BCUT2D eigenvalue weighted by Crippen LogP contribution is 2.37. The lowest BCUT2D eigenvalue weighted by Gasteiger charge is -2.17. The van der Waals surface area contributed by atoms with Crippen LogP contribution >= 0.6 is 0 Å². The minimum Gasteiger partial charge on any atom is -0.387 e. The average molecular weight is 464 g/mol. The number of hydrogen-bond donors (Lipinski definition) is 4. The minimum absolute atomic E-state index is 0.238. The summed E-state index contributed by atoms with van der Waals surface area (Å²) < 4.78 is 9.05.